The van der Waals surface area contributed by atoms with E-state index in [1.807, 2.05) is 24.3 Å². The fraction of sp³-hybridized carbons (Fsp3) is 0. The molecule has 0 bridgehead atoms. The first-order valence-corrected chi connectivity index (χ1v) is 15.5. The summed E-state index contributed by atoms with van der Waals surface area (Å²) in [5.41, 5.74) is 3.66. The summed E-state index contributed by atoms with van der Waals surface area (Å²) in [6.45, 7) is 0. The maximum Gasteiger partial charge on any atom is -0.0190 e. The fourth-order valence-electron chi connectivity index (χ4n) is 4.32. The number of benzene rings is 6. The zero-order chi connectivity index (χ0) is 24.0. The monoisotopic (exact) mass is 526 g/mol. The summed E-state index contributed by atoms with van der Waals surface area (Å²) in [6.07, 6.45) is 0. The Kier molecular flexibility index (Phi) is 7.56. The van der Waals surface area contributed by atoms with Gasteiger partial charge in [-0.2, -0.15) is 11.4 Å². The van der Waals surface area contributed by atoms with Crippen molar-refractivity contribution < 1.29 is 17.0 Å². The molecule has 170 valence electrons. The minimum Gasteiger partial charge on any atom is -0.658 e. The van der Waals surface area contributed by atoms with Gasteiger partial charge < -0.3 is 10.6 Å². The van der Waals surface area contributed by atoms with E-state index in [-0.39, 0.29) is 0 Å². The summed E-state index contributed by atoms with van der Waals surface area (Å²) < 4.78 is 0. The van der Waals surface area contributed by atoms with E-state index in [2.05, 4.69) is 97.1 Å². The van der Waals surface area contributed by atoms with Crippen molar-refractivity contribution in [2.45, 2.75) is 0 Å². The van der Waals surface area contributed by atoms with E-state index >= 15 is 0 Å². The molecule has 6 aromatic rings. The standard InChI is InChI=1S/C30H20N2.2ClH.Ti/c1-4-14-24-21(10-1)13-9-19-27(24)31-28-17-7-8-18-29(28)32-30-25-15-5-2-11-22(25)20-23-12-3-6-16-26(23)30;;;/h1-20H;2*1H;/q-2;;;+2/p-2. The average Bonchev–Trinajstić information content (AvgIpc) is 2.90. The van der Waals surface area contributed by atoms with Gasteiger partial charge in [0.05, 0.1) is 0 Å². The Morgan fingerprint density at radius 3 is 1.49 bits per heavy atom. The zero-order valence-corrected chi connectivity index (χ0v) is 21.8. The van der Waals surface area contributed by atoms with Crippen LogP contribution >= 0.6 is 18.6 Å². The van der Waals surface area contributed by atoms with Gasteiger partial charge in [-0.3, -0.25) is 0 Å². The number of hydrogen-bond donors (Lipinski definition) is 0. The maximum absolute atomic E-state index is 5.18. The smallest absolute Gasteiger partial charge is 0.0190 e. The second kappa shape index (κ2) is 11.2. The van der Waals surface area contributed by atoms with Crippen LogP contribution in [-0.4, -0.2) is 0 Å². The third kappa shape index (κ3) is 5.17. The second-order valence-electron chi connectivity index (χ2n) is 7.95. The van der Waals surface area contributed by atoms with Gasteiger partial charge in [0, 0.05) is 0 Å². The van der Waals surface area contributed by atoms with Crippen molar-refractivity contribution in [1.29, 1.82) is 0 Å². The third-order valence-corrected chi connectivity index (χ3v) is 5.86. The van der Waals surface area contributed by atoms with E-state index < -0.39 is 17.0 Å². The number of fused-ring (bicyclic) bond motifs is 3. The van der Waals surface area contributed by atoms with E-state index in [1.165, 1.54) is 16.2 Å². The molecule has 0 N–H and O–H groups in total. The van der Waals surface area contributed by atoms with Crippen LogP contribution in [-0.2, 0) is 17.0 Å². The van der Waals surface area contributed by atoms with Gasteiger partial charge in [-0.05, 0) is 38.4 Å². The van der Waals surface area contributed by atoms with Crippen LogP contribution in [0.15, 0.2) is 121 Å². The van der Waals surface area contributed by atoms with Gasteiger partial charge in [0.25, 0.3) is 0 Å². The number of halogens is 2. The SMILES string of the molecule is [Cl][Ti][Cl].c1ccc([N-]c2c3ccccc3cc3ccccc23)c([N-]c2cccc3ccccc23)c1. The molecule has 6 rings (SSSR count). The summed E-state index contributed by atoms with van der Waals surface area (Å²) in [7, 11) is 9.78. The molecule has 35 heavy (non-hydrogen) atoms. The van der Waals surface area contributed by atoms with Gasteiger partial charge in [0.15, 0.2) is 0 Å². The molecule has 0 spiro atoms. The minimum atomic E-state index is -0.556. The topological polar surface area (TPSA) is 28.2 Å². The van der Waals surface area contributed by atoms with E-state index in [0.717, 1.165) is 38.9 Å². The molecule has 0 fully saturated rings. The van der Waals surface area contributed by atoms with Crippen LogP contribution in [0.3, 0.4) is 0 Å². The predicted octanol–water partition coefficient (Wildman–Crippen LogP) is 11.2. The van der Waals surface area contributed by atoms with Crippen molar-refractivity contribution in [3.8, 4) is 0 Å². The van der Waals surface area contributed by atoms with E-state index in [1.54, 1.807) is 0 Å². The van der Waals surface area contributed by atoms with Gasteiger partial charge in [0.1, 0.15) is 0 Å². The van der Waals surface area contributed by atoms with E-state index in [4.69, 9.17) is 29.2 Å². The number of nitrogens with zero attached hydrogens (tertiary/aromatic N) is 2. The van der Waals surface area contributed by atoms with Crippen molar-refractivity contribution in [2.24, 2.45) is 0 Å². The summed E-state index contributed by atoms with van der Waals surface area (Å²) in [6, 6.07) is 41.8. The van der Waals surface area contributed by atoms with Crippen molar-refractivity contribution >= 4 is 73.7 Å². The molecule has 0 atom stereocenters. The van der Waals surface area contributed by atoms with Crippen molar-refractivity contribution in [2.75, 3.05) is 0 Å². The molecule has 2 nitrogen and oxygen atoms in total. The first kappa shape index (κ1) is 23.7. The zero-order valence-electron chi connectivity index (χ0n) is 18.7. The van der Waals surface area contributed by atoms with Crippen LogP contribution in [0.5, 0.6) is 0 Å². The largest absolute Gasteiger partial charge is 0.658 e. The van der Waals surface area contributed by atoms with Gasteiger partial charge in [0.2, 0.25) is 0 Å². The molecule has 0 unspecified atom stereocenters. The summed E-state index contributed by atoms with van der Waals surface area (Å²) in [5.74, 6) is 0. The Morgan fingerprint density at radius 2 is 0.857 bits per heavy atom. The Balaban J connectivity index is 0.000000806. The molecule has 0 aromatic heterocycles. The van der Waals surface area contributed by atoms with Crippen LogP contribution < -0.4 is 0 Å². The fourth-order valence-corrected chi connectivity index (χ4v) is 4.32. The summed E-state index contributed by atoms with van der Waals surface area (Å²) in [4.78, 5) is 0. The van der Waals surface area contributed by atoms with Crippen LogP contribution in [0.2, 0.25) is 0 Å². The molecule has 0 aliphatic carbocycles. The minimum absolute atomic E-state index is 0.556. The van der Waals surface area contributed by atoms with Crippen molar-refractivity contribution in [1.82, 2.24) is 0 Å². The number of hydrogen-bond acceptors (Lipinski definition) is 0. The molecule has 0 amide bonds. The molecule has 0 saturated heterocycles. The van der Waals surface area contributed by atoms with E-state index in [0.29, 0.717) is 0 Å². The number of para-hydroxylation sites is 2. The molecule has 5 heteroatoms. The van der Waals surface area contributed by atoms with Crippen LogP contribution in [0.25, 0.3) is 43.0 Å². The van der Waals surface area contributed by atoms with Gasteiger partial charge in [-0.15, -0.1) is 11.4 Å². The third-order valence-electron chi connectivity index (χ3n) is 5.86. The molecule has 0 aliphatic heterocycles. The Hall–Kier alpha value is -3.01. The van der Waals surface area contributed by atoms with Crippen molar-refractivity contribution in [3.05, 3.63) is 132 Å². The molecule has 0 saturated carbocycles. The van der Waals surface area contributed by atoms with Crippen LogP contribution in [0.4, 0.5) is 22.7 Å². The predicted molar refractivity (Wildman–Crippen MR) is 149 cm³/mol. The number of rotatable bonds is 4. The average molecular weight is 527 g/mol. The Morgan fingerprint density at radius 1 is 0.429 bits per heavy atom. The van der Waals surface area contributed by atoms with Gasteiger partial charge in [-0.25, -0.2) is 0 Å². The van der Waals surface area contributed by atoms with E-state index in [9.17, 15) is 0 Å². The van der Waals surface area contributed by atoms with Gasteiger partial charge >= 0.3 is 35.6 Å². The first-order valence-electron chi connectivity index (χ1n) is 11.2. The van der Waals surface area contributed by atoms with Gasteiger partial charge in [-0.1, -0.05) is 115 Å². The molecule has 6 aromatic carbocycles. The van der Waals surface area contributed by atoms with Crippen LogP contribution in [0.1, 0.15) is 0 Å². The molecular weight excluding hydrogens is 507 g/mol. The summed E-state index contributed by atoms with van der Waals surface area (Å²) in [5, 5.41) is 17.2. The first-order chi connectivity index (χ1) is 17.3. The quantitative estimate of drug-likeness (QED) is 0.161. The second-order valence-corrected chi connectivity index (χ2v) is 10.5. The molecule has 0 radical (unpaired) electrons. The summed E-state index contributed by atoms with van der Waals surface area (Å²) >= 11 is -0.556. The Bertz CT molecular complexity index is 1560. The molecule has 0 heterocycles. The Labute approximate surface area is 221 Å². The van der Waals surface area contributed by atoms with Crippen LogP contribution in [0, 0.1) is 0 Å². The maximum atomic E-state index is 5.18. The molecule has 0 aliphatic rings. The van der Waals surface area contributed by atoms with Crippen molar-refractivity contribution in [3.63, 3.8) is 0 Å². The normalized spacial score (nSPS) is 10.6. The molecular formula is C30H20Cl2N2Ti-2.